The summed E-state index contributed by atoms with van der Waals surface area (Å²) in [5, 5.41) is 10.7. The van der Waals surface area contributed by atoms with Crippen LogP contribution in [0.4, 0.5) is 0 Å². The first-order valence-corrected chi connectivity index (χ1v) is 12.3. The Morgan fingerprint density at radius 3 is 2.97 bits per heavy atom. The molecule has 0 bridgehead atoms. The molecule has 0 heterocycles. The Morgan fingerprint density at radius 1 is 1.42 bits per heavy atom. The molecule has 0 aromatic heterocycles. The lowest BCUT2D eigenvalue weighted by molar-refractivity contribution is 0.183. The van der Waals surface area contributed by atoms with Crippen molar-refractivity contribution in [3.8, 4) is 5.75 Å². The number of methoxy groups -OCH3 is 1. The minimum atomic E-state index is -0.623. The van der Waals surface area contributed by atoms with Gasteiger partial charge in [-0.25, -0.2) is 0 Å². The molecule has 1 fully saturated rings. The van der Waals surface area contributed by atoms with E-state index in [1.165, 1.54) is 12.8 Å². The summed E-state index contributed by atoms with van der Waals surface area (Å²) in [5.41, 5.74) is 1.95. The third-order valence-corrected chi connectivity index (χ3v) is 6.91. The van der Waals surface area contributed by atoms with Gasteiger partial charge in [-0.1, -0.05) is 50.1 Å². The highest BCUT2D eigenvalue weighted by Crippen LogP contribution is 2.41. The van der Waals surface area contributed by atoms with Gasteiger partial charge in [0.1, 0.15) is 5.75 Å². The Labute approximate surface area is 200 Å². The number of unbranched alkanes of at least 4 members (excludes halogenated alkanes) is 2. The van der Waals surface area contributed by atoms with Crippen LogP contribution in [0, 0.1) is 11.8 Å². The average molecular weight is 493 g/mol. The van der Waals surface area contributed by atoms with Crippen LogP contribution in [0.1, 0.15) is 51.6 Å². The number of allylic oxidation sites excluding steroid dienone is 2. The van der Waals surface area contributed by atoms with Gasteiger partial charge in [0.15, 0.2) is 0 Å². The average Bonchev–Trinajstić information content (AvgIpc) is 3.07. The second kappa shape index (κ2) is 14.6. The fraction of sp³-hybridized carbons (Fsp3) is 0.583. The summed E-state index contributed by atoms with van der Waals surface area (Å²) >= 11 is 6.67. The molecule has 0 saturated heterocycles. The first-order chi connectivity index (χ1) is 15.5. The number of aliphatic hydroxyl groups excluding tert-OH is 1. The second-order valence-electron chi connectivity index (χ2n) is 8.15. The van der Waals surface area contributed by atoms with Crippen molar-refractivity contribution in [3.63, 3.8) is 0 Å². The monoisotopic (exact) mass is 492 g/mol. The van der Waals surface area contributed by atoms with Crippen molar-refractivity contribution in [2.45, 2.75) is 69.6 Å². The summed E-state index contributed by atoms with van der Waals surface area (Å²) in [6.45, 7) is 2.64. The SMILES string of the molecule is [3HH].[3H]PO[C@@H]1C[C@@H](Cl)[C@H](C/C=C\CCCC)[C@H]1/C=C/C(O)Cc1ccc(OP)c(COC)c1. The fourth-order valence-electron chi connectivity index (χ4n) is 4.17. The maximum Gasteiger partial charge on any atom is 0.128 e. The molecule has 7 atom stereocenters. The molecule has 0 amide bonds. The Hall–Kier alpha value is -0.470. The molecule has 1 aliphatic carbocycles. The van der Waals surface area contributed by atoms with Crippen molar-refractivity contribution in [1.29, 1.82) is 1.28 Å². The van der Waals surface area contributed by atoms with Crippen LogP contribution in [0.25, 0.3) is 0 Å². The molecular formula is C24H39ClO4P2. The zero-order chi connectivity index (χ0) is 23.3. The molecule has 1 aromatic rings. The molecule has 31 heavy (non-hydrogen) atoms. The number of hydrogen-bond donors (Lipinski definition) is 1. The van der Waals surface area contributed by atoms with Gasteiger partial charge >= 0.3 is 0 Å². The van der Waals surface area contributed by atoms with Gasteiger partial charge in [0.05, 0.1) is 29.6 Å². The maximum atomic E-state index is 10.7. The van der Waals surface area contributed by atoms with Gasteiger partial charge in [-0.2, -0.15) is 0 Å². The molecule has 3 unspecified atom stereocenters. The zero-order valence-electron chi connectivity index (χ0n) is 19.5. The van der Waals surface area contributed by atoms with Gasteiger partial charge in [0, 0.05) is 41.2 Å². The van der Waals surface area contributed by atoms with Gasteiger partial charge in [0.2, 0.25) is 0 Å². The minimum Gasteiger partial charge on any atom is -0.480 e. The van der Waals surface area contributed by atoms with Gasteiger partial charge in [-0.05, 0) is 42.9 Å². The summed E-state index contributed by atoms with van der Waals surface area (Å²) in [5.74, 6) is 1.08. The smallest absolute Gasteiger partial charge is 0.128 e. The lowest BCUT2D eigenvalue weighted by Crippen LogP contribution is -2.19. The molecule has 4 nitrogen and oxygen atoms in total. The van der Waals surface area contributed by atoms with Crippen LogP contribution in [-0.2, 0) is 22.3 Å². The number of halogens is 1. The Morgan fingerprint density at radius 2 is 2.26 bits per heavy atom. The molecule has 1 N–H and O–H groups in total. The number of benzene rings is 1. The second-order valence-corrected chi connectivity index (χ2v) is 9.18. The molecule has 0 spiro atoms. The summed E-state index contributed by atoms with van der Waals surface area (Å²) in [6, 6.07) is 5.85. The molecule has 7 heteroatoms. The highest BCUT2D eigenvalue weighted by Gasteiger charge is 2.40. The zero-order valence-corrected chi connectivity index (χ0v) is 21.4. The van der Waals surface area contributed by atoms with Crippen molar-refractivity contribution in [2.24, 2.45) is 11.8 Å². The van der Waals surface area contributed by atoms with E-state index in [2.05, 4.69) is 34.6 Å². The van der Waals surface area contributed by atoms with Crippen LogP contribution in [0.5, 0.6) is 5.75 Å². The molecular weight excluding hydrogens is 450 g/mol. The van der Waals surface area contributed by atoms with Crippen LogP contribution in [-0.4, -0.2) is 31.1 Å². The van der Waals surface area contributed by atoms with Crippen molar-refractivity contribution >= 4 is 30.5 Å². The molecule has 0 radical (unpaired) electrons. The number of rotatable bonds is 14. The maximum absolute atomic E-state index is 10.7. The Bertz CT molecular complexity index is 738. The molecule has 176 valence electrons. The topological polar surface area (TPSA) is 47.9 Å². The minimum absolute atomic E-state index is 0. The van der Waals surface area contributed by atoms with Gasteiger partial charge in [-0.15, -0.1) is 11.6 Å². The van der Waals surface area contributed by atoms with Crippen LogP contribution < -0.4 is 4.52 Å². The van der Waals surface area contributed by atoms with Gasteiger partial charge in [-0.3, -0.25) is 0 Å². The molecule has 1 aromatic carbocycles. The molecule has 0 aliphatic heterocycles. The summed E-state index contributed by atoms with van der Waals surface area (Å²) in [7, 11) is 3.58. The predicted molar refractivity (Wildman–Crippen MR) is 138 cm³/mol. The molecule has 2 rings (SSSR count). The highest BCUT2D eigenvalue weighted by atomic mass is 35.5. The highest BCUT2D eigenvalue weighted by molar-refractivity contribution is 7.10. The number of aliphatic hydroxyl groups is 1. The Balaban J connectivity index is 0.00000544. The van der Waals surface area contributed by atoms with Crippen LogP contribution in [0.3, 0.4) is 0 Å². The third-order valence-electron chi connectivity index (χ3n) is 5.85. The third kappa shape index (κ3) is 8.43. The van der Waals surface area contributed by atoms with Crippen molar-refractivity contribution < 1.29 is 20.3 Å². The van der Waals surface area contributed by atoms with Crippen molar-refractivity contribution in [1.82, 2.24) is 0 Å². The van der Waals surface area contributed by atoms with E-state index < -0.39 is 6.10 Å². The van der Waals surface area contributed by atoms with Crippen LogP contribution in [0.2, 0.25) is 0 Å². The molecule has 1 aliphatic rings. The normalized spacial score (nSPS) is 25.8. The van der Waals surface area contributed by atoms with Gasteiger partial charge in [0.25, 0.3) is 0 Å². The molecule has 1 saturated carbocycles. The van der Waals surface area contributed by atoms with Gasteiger partial charge < -0.3 is 18.9 Å². The number of alkyl halides is 1. The van der Waals surface area contributed by atoms with E-state index >= 15 is 0 Å². The largest absolute Gasteiger partial charge is 0.480 e. The number of ether oxygens (including phenoxy) is 1. The van der Waals surface area contributed by atoms with E-state index in [4.69, 9.17) is 26.7 Å². The summed E-state index contributed by atoms with van der Waals surface area (Å²) < 4.78 is 23.8. The van der Waals surface area contributed by atoms with Crippen molar-refractivity contribution in [3.05, 3.63) is 53.6 Å². The lowest BCUT2D eigenvalue weighted by Gasteiger charge is -2.21. The predicted octanol–water partition coefficient (Wildman–Crippen LogP) is 6.26. The van der Waals surface area contributed by atoms with Crippen LogP contribution in [0.15, 0.2) is 42.5 Å². The van der Waals surface area contributed by atoms with E-state index in [0.29, 0.717) is 13.0 Å². The number of hydrogen-bond acceptors (Lipinski definition) is 4. The van der Waals surface area contributed by atoms with E-state index in [-0.39, 0.29) is 34.2 Å². The van der Waals surface area contributed by atoms with Crippen LogP contribution >= 0.6 is 30.5 Å². The van der Waals surface area contributed by atoms with E-state index in [1.54, 1.807) is 7.11 Å². The van der Waals surface area contributed by atoms with Crippen molar-refractivity contribution in [2.75, 3.05) is 7.11 Å². The fourth-order valence-corrected chi connectivity index (χ4v) is 5.10. The first kappa shape index (κ1) is 25.2. The first-order valence-electron chi connectivity index (χ1n) is 11.5. The Kier molecular flexibility index (Phi) is 11.9. The standard InChI is InChI=1S/C24H37ClO4P2.H2/c1-3-4-5-6-7-8-20-21(24(29-31)15-22(20)25)11-10-19(26)14-17-9-12-23(28-30)18(13-17)16-27-2;/h6-7,9-13,19-22,24,26H,3-5,8,14-16,30-31H2,1-2H3;1H/b7-6-,11-10+;/t19?,20-,21-,22-,24-;/m1./s1/i31T;1+2/t19?,20-,21-,22-,24-,31?;. The summed E-state index contributed by atoms with van der Waals surface area (Å²) in [4.78, 5) is 0. The lowest BCUT2D eigenvalue weighted by atomic mass is 9.90. The van der Waals surface area contributed by atoms with E-state index in [9.17, 15) is 5.11 Å². The van der Waals surface area contributed by atoms with E-state index in [0.717, 1.165) is 36.1 Å². The van der Waals surface area contributed by atoms with E-state index in [1.807, 2.05) is 24.3 Å². The summed E-state index contributed by atoms with van der Waals surface area (Å²) in [6.07, 6.45) is 13.3. The quantitative estimate of drug-likeness (QED) is 0.144.